The summed E-state index contributed by atoms with van der Waals surface area (Å²) in [6.45, 7) is 5.23. The van der Waals surface area contributed by atoms with E-state index in [2.05, 4.69) is 17.0 Å². The molecule has 2 aliphatic rings. The first-order chi connectivity index (χ1) is 16.5. The van der Waals surface area contributed by atoms with Crippen molar-refractivity contribution in [2.24, 2.45) is 0 Å². The molecule has 0 saturated carbocycles. The fourth-order valence-electron chi connectivity index (χ4n) is 4.72. The summed E-state index contributed by atoms with van der Waals surface area (Å²) < 4.78 is 0. The van der Waals surface area contributed by atoms with Crippen molar-refractivity contribution >= 4 is 41.1 Å². The van der Waals surface area contributed by atoms with Crippen molar-refractivity contribution in [2.45, 2.75) is 25.2 Å². The molecule has 180 valence electrons. The highest BCUT2D eigenvalue weighted by molar-refractivity contribution is 6.31. The van der Waals surface area contributed by atoms with Crippen LogP contribution in [0, 0.1) is 0 Å². The van der Waals surface area contributed by atoms with Gasteiger partial charge < -0.3 is 14.7 Å². The summed E-state index contributed by atoms with van der Waals surface area (Å²) in [6, 6.07) is 15.6. The molecule has 4 rings (SSSR count). The molecule has 2 aromatic carbocycles. The summed E-state index contributed by atoms with van der Waals surface area (Å²) in [5, 5.41) is 1.44. The molecule has 5 nitrogen and oxygen atoms in total. The third-order valence-electron chi connectivity index (χ3n) is 6.76. The number of halogens is 2. The Morgan fingerprint density at radius 2 is 1.65 bits per heavy atom. The van der Waals surface area contributed by atoms with Gasteiger partial charge in [0, 0.05) is 55.3 Å². The van der Waals surface area contributed by atoms with Crippen molar-refractivity contribution in [1.82, 2.24) is 14.7 Å². The van der Waals surface area contributed by atoms with E-state index >= 15 is 0 Å². The Morgan fingerprint density at radius 1 is 0.912 bits per heavy atom. The standard InChI is InChI=1S/C27H31Cl2N3O2/c28-24-5-1-3-21(19-24)7-8-26(33)31-14-11-27(34)32(18-17-31)16-15-30-12-9-22(10-13-30)23-4-2-6-25(29)20-23/h1-8,19-20,22H,9-18H2/b8-7+. The average molecular weight is 500 g/mol. The maximum Gasteiger partial charge on any atom is 0.246 e. The minimum Gasteiger partial charge on any atom is -0.340 e. The normalized spacial score (nSPS) is 18.5. The van der Waals surface area contributed by atoms with E-state index in [1.807, 2.05) is 35.2 Å². The first-order valence-electron chi connectivity index (χ1n) is 12.0. The molecule has 0 spiro atoms. The van der Waals surface area contributed by atoms with Crippen LogP contribution in [0.3, 0.4) is 0 Å². The number of hydrogen-bond donors (Lipinski definition) is 0. The lowest BCUT2D eigenvalue weighted by Crippen LogP contribution is -2.42. The molecule has 0 N–H and O–H groups in total. The van der Waals surface area contributed by atoms with Gasteiger partial charge in [-0.15, -0.1) is 0 Å². The number of piperidine rings is 1. The number of likely N-dealkylation sites (tertiary alicyclic amines) is 1. The first kappa shape index (κ1) is 24.8. The quantitative estimate of drug-likeness (QED) is 0.528. The smallest absolute Gasteiger partial charge is 0.246 e. The molecule has 2 fully saturated rings. The van der Waals surface area contributed by atoms with Crippen LogP contribution in [0.25, 0.3) is 6.08 Å². The van der Waals surface area contributed by atoms with E-state index < -0.39 is 0 Å². The molecule has 2 saturated heterocycles. The van der Waals surface area contributed by atoms with Gasteiger partial charge in [0.25, 0.3) is 0 Å². The van der Waals surface area contributed by atoms with Crippen molar-refractivity contribution in [2.75, 3.05) is 45.8 Å². The fourth-order valence-corrected chi connectivity index (χ4v) is 5.12. The van der Waals surface area contributed by atoms with E-state index in [0.29, 0.717) is 43.5 Å². The number of carbonyl (C=O) groups is 2. The predicted molar refractivity (Wildman–Crippen MR) is 138 cm³/mol. The van der Waals surface area contributed by atoms with Crippen molar-refractivity contribution in [1.29, 1.82) is 0 Å². The number of carbonyl (C=O) groups excluding carboxylic acids is 2. The number of hydrogen-bond acceptors (Lipinski definition) is 3. The zero-order valence-corrected chi connectivity index (χ0v) is 20.8. The van der Waals surface area contributed by atoms with E-state index in [9.17, 15) is 9.59 Å². The number of amides is 2. The fraction of sp³-hybridized carbons (Fsp3) is 0.407. The highest BCUT2D eigenvalue weighted by atomic mass is 35.5. The van der Waals surface area contributed by atoms with Gasteiger partial charge >= 0.3 is 0 Å². The van der Waals surface area contributed by atoms with Gasteiger partial charge in [0.15, 0.2) is 0 Å². The minimum absolute atomic E-state index is 0.0716. The highest BCUT2D eigenvalue weighted by Crippen LogP contribution is 2.29. The van der Waals surface area contributed by atoms with E-state index in [4.69, 9.17) is 23.2 Å². The van der Waals surface area contributed by atoms with Crippen LogP contribution in [0.1, 0.15) is 36.3 Å². The summed E-state index contributed by atoms with van der Waals surface area (Å²) in [5.74, 6) is 0.606. The monoisotopic (exact) mass is 499 g/mol. The molecule has 0 radical (unpaired) electrons. The molecule has 0 aliphatic carbocycles. The number of rotatable bonds is 6. The predicted octanol–water partition coefficient (Wildman–Crippen LogP) is 4.95. The molecule has 0 aromatic heterocycles. The first-order valence-corrected chi connectivity index (χ1v) is 12.7. The Kier molecular flexibility index (Phi) is 8.65. The SMILES string of the molecule is O=C(/C=C/c1cccc(Cl)c1)N1CCC(=O)N(CCN2CCC(c3cccc(Cl)c3)CC2)CC1. The average Bonchev–Trinajstić information content (AvgIpc) is 3.03. The molecule has 0 bridgehead atoms. The Morgan fingerprint density at radius 3 is 2.38 bits per heavy atom. The van der Waals surface area contributed by atoms with Crippen LogP contribution in [0.4, 0.5) is 0 Å². The van der Waals surface area contributed by atoms with Gasteiger partial charge in [-0.3, -0.25) is 9.59 Å². The molecule has 2 heterocycles. The van der Waals surface area contributed by atoms with E-state index in [-0.39, 0.29) is 11.8 Å². The summed E-state index contributed by atoms with van der Waals surface area (Å²) in [4.78, 5) is 31.4. The summed E-state index contributed by atoms with van der Waals surface area (Å²) in [5.41, 5.74) is 2.21. The van der Waals surface area contributed by atoms with Gasteiger partial charge in [0.05, 0.1) is 0 Å². The van der Waals surface area contributed by atoms with Gasteiger partial charge in [0.2, 0.25) is 11.8 Å². The second kappa shape index (κ2) is 11.9. The van der Waals surface area contributed by atoms with E-state index in [0.717, 1.165) is 43.1 Å². The van der Waals surface area contributed by atoms with E-state index in [1.165, 1.54) is 5.56 Å². The lowest BCUT2D eigenvalue weighted by Gasteiger charge is -2.33. The topological polar surface area (TPSA) is 43.9 Å². The van der Waals surface area contributed by atoms with Crippen LogP contribution in [0.2, 0.25) is 10.0 Å². The van der Waals surface area contributed by atoms with E-state index in [1.54, 1.807) is 23.1 Å². The Hall–Kier alpha value is -2.34. The largest absolute Gasteiger partial charge is 0.340 e. The van der Waals surface area contributed by atoms with Gasteiger partial charge in [-0.05, 0) is 73.3 Å². The lowest BCUT2D eigenvalue weighted by atomic mass is 9.89. The number of nitrogens with zero attached hydrogens (tertiary/aromatic N) is 3. The Balaban J connectivity index is 1.23. The molecule has 34 heavy (non-hydrogen) atoms. The summed E-state index contributed by atoms with van der Waals surface area (Å²) >= 11 is 12.2. The molecule has 0 unspecified atom stereocenters. The lowest BCUT2D eigenvalue weighted by molar-refractivity contribution is -0.130. The third kappa shape index (κ3) is 6.84. The van der Waals surface area contributed by atoms with Crippen LogP contribution >= 0.6 is 23.2 Å². The van der Waals surface area contributed by atoms with Crippen molar-refractivity contribution < 1.29 is 9.59 Å². The molecule has 7 heteroatoms. The van der Waals surface area contributed by atoms with Crippen LogP contribution in [-0.2, 0) is 9.59 Å². The molecule has 0 atom stereocenters. The maximum atomic E-state index is 12.7. The van der Waals surface area contributed by atoms with Gasteiger partial charge in [-0.25, -0.2) is 0 Å². The summed E-state index contributed by atoms with van der Waals surface area (Å²) in [7, 11) is 0. The molecular weight excluding hydrogens is 469 g/mol. The second-order valence-electron chi connectivity index (χ2n) is 9.02. The Labute approximate surface area is 211 Å². The van der Waals surface area contributed by atoms with Gasteiger partial charge in [0.1, 0.15) is 0 Å². The van der Waals surface area contributed by atoms with Crippen LogP contribution < -0.4 is 0 Å². The molecular formula is C27H31Cl2N3O2. The van der Waals surface area contributed by atoms with Crippen LogP contribution in [-0.4, -0.2) is 72.3 Å². The second-order valence-corrected chi connectivity index (χ2v) is 9.89. The summed E-state index contributed by atoms with van der Waals surface area (Å²) in [6.07, 6.45) is 5.92. The third-order valence-corrected chi connectivity index (χ3v) is 7.23. The minimum atomic E-state index is -0.0716. The Bertz CT molecular complexity index is 1030. The molecule has 2 aliphatic heterocycles. The molecule has 2 aromatic rings. The molecule has 2 amide bonds. The zero-order chi connectivity index (χ0) is 23.9. The van der Waals surface area contributed by atoms with Crippen LogP contribution in [0.5, 0.6) is 0 Å². The highest BCUT2D eigenvalue weighted by Gasteiger charge is 2.25. The van der Waals surface area contributed by atoms with Crippen LogP contribution in [0.15, 0.2) is 54.6 Å². The number of benzene rings is 2. The van der Waals surface area contributed by atoms with Crippen molar-refractivity contribution in [3.8, 4) is 0 Å². The van der Waals surface area contributed by atoms with Gasteiger partial charge in [-0.2, -0.15) is 0 Å². The van der Waals surface area contributed by atoms with Crippen molar-refractivity contribution in [3.63, 3.8) is 0 Å². The van der Waals surface area contributed by atoms with Crippen molar-refractivity contribution in [3.05, 3.63) is 75.8 Å². The van der Waals surface area contributed by atoms with Gasteiger partial charge in [-0.1, -0.05) is 47.5 Å². The zero-order valence-electron chi connectivity index (χ0n) is 19.3. The maximum absolute atomic E-state index is 12.7.